The highest BCUT2D eigenvalue weighted by atomic mass is 19.4. The first-order valence-corrected chi connectivity index (χ1v) is 8.19. The van der Waals surface area contributed by atoms with E-state index in [1.165, 1.54) is 12.1 Å². The fraction of sp³-hybridized carbons (Fsp3) is 0.263. The first-order chi connectivity index (χ1) is 12.3. The Labute approximate surface area is 149 Å². The number of furan rings is 1. The van der Waals surface area contributed by atoms with Crippen LogP contribution in [0.5, 0.6) is 5.75 Å². The van der Waals surface area contributed by atoms with E-state index in [0.717, 1.165) is 24.3 Å². The molecule has 0 aliphatic carbocycles. The predicted molar refractivity (Wildman–Crippen MR) is 94.5 cm³/mol. The highest BCUT2D eigenvalue weighted by Crippen LogP contribution is 2.46. The summed E-state index contributed by atoms with van der Waals surface area (Å²) in [6, 6.07) is 4.82. The number of rotatable bonds is 4. The topological polar surface area (TPSA) is 48.6 Å². The number of aromatic hydroxyl groups is 1. The van der Waals surface area contributed by atoms with Crippen LogP contribution in [0.15, 0.2) is 47.2 Å². The molecule has 0 unspecified atom stereocenters. The molecule has 0 fully saturated rings. The third-order valence-electron chi connectivity index (χ3n) is 4.20. The number of hydrogen-bond acceptors (Lipinski definition) is 4. The van der Waals surface area contributed by atoms with Crippen LogP contribution >= 0.6 is 0 Å². The zero-order chi connectivity index (χ0) is 18.9. The summed E-state index contributed by atoms with van der Waals surface area (Å²) in [5.74, 6) is 0.297. The summed E-state index contributed by atoms with van der Waals surface area (Å²) in [5, 5.41) is 13.5. The highest BCUT2D eigenvalue weighted by Gasteiger charge is 2.32. The van der Waals surface area contributed by atoms with Crippen molar-refractivity contribution in [1.29, 1.82) is 0 Å². The third kappa shape index (κ3) is 3.29. The molecule has 1 aromatic heterocycles. The molecule has 1 aliphatic heterocycles. The van der Waals surface area contributed by atoms with Gasteiger partial charge in [-0.25, -0.2) is 0 Å². The molecule has 0 saturated carbocycles. The van der Waals surface area contributed by atoms with Crippen LogP contribution in [0.1, 0.15) is 24.7 Å². The van der Waals surface area contributed by atoms with E-state index in [1.54, 1.807) is 7.05 Å². The van der Waals surface area contributed by atoms with Gasteiger partial charge in [0.05, 0.1) is 11.1 Å². The van der Waals surface area contributed by atoms with Crippen molar-refractivity contribution in [2.45, 2.75) is 19.5 Å². The molecule has 3 rings (SSSR count). The third-order valence-corrected chi connectivity index (χ3v) is 4.20. The lowest BCUT2D eigenvalue weighted by atomic mass is 10.0. The number of anilines is 1. The average Bonchev–Trinajstić information content (AvgIpc) is 2.97. The van der Waals surface area contributed by atoms with Crippen LogP contribution in [0.3, 0.4) is 0 Å². The van der Waals surface area contributed by atoms with Gasteiger partial charge < -0.3 is 19.7 Å². The van der Waals surface area contributed by atoms with Gasteiger partial charge in [0, 0.05) is 25.4 Å². The number of allylic oxidation sites excluding steroid dienone is 2. The Bertz CT molecular complexity index is 866. The van der Waals surface area contributed by atoms with E-state index < -0.39 is 11.7 Å². The lowest BCUT2D eigenvalue weighted by Gasteiger charge is -2.18. The molecule has 0 spiro atoms. The van der Waals surface area contributed by atoms with E-state index in [-0.39, 0.29) is 28.5 Å². The zero-order valence-electron chi connectivity index (χ0n) is 14.4. The fourth-order valence-electron chi connectivity index (χ4n) is 2.89. The van der Waals surface area contributed by atoms with Gasteiger partial charge in [-0.05, 0) is 37.2 Å². The molecule has 0 radical (unpaired) electrons. The van der Waals surface area contributed by atoms with E-state index in [9.17, 15) is 18.3 Å². The van der Waals surface area contributed by atoms with Crippen molar-refractivity contribution in [2.75, 3.05) is 18.9 Å². The van der Waals surface area contributed by atoms with Crippen molar-refractivity contribution in [2.24, 2.45) is 0 Å². The Kier molecular flexibility index (Phi) is 4.71. The number of hydrogen-bond donors (Lipinski definition) is 2. The van der Waals surface area contributed by atoms with Crippen LogP contribution in [-0.2, 0) is 6.18 Å². The second kappa shape index (κ2) is 6.82. The Morgan fingerprint density at radius 2 is 2.08 bits per heavy atom. The summed E-state index contributed by atoms with van der Waals surface area (Å²) >= 11 is 0. The minimum Gasteiger partial charge on any atom is -0.504 e. The van der Waals surface area contributed by atoms with E-state index in [1.807, 2.05) is 30.3 Å². The van der Waals surface area contributed by atoms with Crippen LogP contribution in [-0.4, -0.2) is 23.6 Å². The van der Waals surface area contributed by atoms with Crippen LogP contribution in [0.2, 0.25) is 0 Å². The summed E-state index contributed by atoms with van der Waals surface area (Å²) in [6.07, 6.45) is 1.81. The van der Waals surface area contributed by atoms with Gasteiger partial charge in [-0.1, -0.05) is 18.2 Å². The molecule has 0 amide bonds. The minimum atomic E-state index is -4.46. The summed E-state index contributed by atoms with van der Waals surface area (Å²) in [6.45, 7) is 2.74. The van der Waals surface area contributed by atoms with Crippen molar-refractivity contribution in [3.8, 4) is 16.9 Å². The molecule has 2 heterocycles. The van der Waals surface area contributed by atoms with Crippen LogP contribution in [0.25, 0.3) is 16.7 Å². The lowest BCUT2D eigenvalue weighted by molar-refractivity contribution is -0.137. The molecule has 0 bridgehead atoms. The molecular formula is C19H19F3N2O2. The van der Waals surface area contributed by atoms with Gasteiger partial charge in [-0.3, -0.25) is 0 Å². The quantitative estimate of drug-likeness (QED) is 0.774. The van der Waals surface area contributed by atoms with Crippen molar-refractivity contribution < 1.29 is 22.7 Å². The standard InChI is InChI=1S/C19H19F3N2O2/c1-3-24-9-5-7-13(11-24)17-16(25)15(18(23-2)26-17)12-6-4-8-14(10-12)19(20,21)22/h4-6,8-11,23,25H,3,7H2,1-2H3. The number of alkyl halides is 3. The number of halogens is 3. The Morgan fingerprint density at radius 3 is 2.73 bits per heavy atom. The van der Waals surface area contributed by atoms with Crippen LogP contribution in [0.4, 0.5) is 19.1 Å². The predicted octanol–water partition coefficient (Wildman–Crippen LogP) is 5.29. The van der Waals surface area contributed by atoms with E-state index in [0.29, 0.717) is 6.42 Å². The zero-order valence-corrected chi connectivity index (χ0v) is 14.4. The van der Waals surface area contributed by atoms with E-state index in [4.69, 9.17) is 4.42 Å². The van der Waals surface area contributed by atoms with Crippen LogP contribution in [0, 0.1) is 0 Å². The second-order valence-electron chi connectivity index (χ2n) is 5.89. The smallest absolute Gasteiger partial charge is 0.416 e. The molecule has 1 aromatic carbocycles. The normalized spacial score (nSPS) is 14.5. The Balaban J connectivity index is 2.10. The summed E-state index contributed by atoms with van der Waals surface area (Å²) in [7, 11) is 1.59. The number of nitrogens with zero attached hydrogens (tertiary/aromatic N) is 1. The molecule has 0 saturated heterocycles. The first-order valence-electron chi connectivity index (χ1n) is 8.19. The Hall–Kier alpha value is -2.83. The van der Waals surface area contributed by atoms with E-state index >= 15 is 0 Å². The van der Waals surface area contributed by atoms with Gasteiger partial charge in [-0.15, -0.1) is 0 Å². The van der Waals surface area contributed by atoms with Crippen molar-refractivity contribution in [1.82, 2.24) is 4.90 Å². The molecule has 4 nitrogen and oxygen atoms in total. The van der Waals surface area contributed by atoms with Gasteiger partial charge in [0.15, 0.2) is 11.5 Å². The molecule has 2 N–H and O–H groups in total. The van der Waals surface area contributed by atoms with Gasteiger partial charge in [0.25, 0.3) is 0 Å². The van der Waals surface area contributed by atoms with Gasteiger partial charge in [-0.2, -0.15) is 13.2 Å². The largest absolute Gasteiger partial charge is 0.504 e. The second-order valence-corrected chi connectivity index (χ2v) is 5.89. The number of benzene rings is 1. The minimum absolute atomic E-state index is 0.175. The fourth-order valence-corrected chi connectivity index (χ4v) is 2.89. The monoisotopic (exact) mass is 364 g/mol. The maximum atomic E-state index is 13.0. The number of nitrogens with one attached hydrogen (secondary N) is 1. The molecule has 138 valence electrons. The SMILES string of the molecule is CCN1C=CCC(c2oc(NC)c(-c3cccc(C(F)(F)F)c3)c2O)=C1. The van der Waals surface area contributed by atoms with Crippen molar-refractivity contribution in [3.63, 3.8) is 0 Å². The average molecular weight is 364 g/mol. The molecule has 7 heteroatoms. The summed E-state index contributed by atoms with van der Waals surface area (Å²) < 4.78 is 44.8. The maximum absolute atomic E-state index is 13.0. The molecule has 26 heavy (non-hydrogen) atoms. The lowest BCUT2D eigenvalue weighted by Crippen LogP contribution is -2.11. The van der Waals surface area contributed by atoms with Crippen molar-refractivity contribution >= 4 is 11.5 Å². The van der Waals surface area contributed by atoms with E-state index in [2.05, 4.69) is 5.32 Å². The molecular weight excluding hydrogens is 345 g/mol. The van der Waals surface area contributed by atoms with Gasteiger partial charge in [0.2, 0.25) is 5.88 Å². The van der Waals surface area contributed by atoms with Crippen molar-refractivity contribution in [3.05, 3.63) is 54.1 Å². The molecule has 0 atom stereocenters. The first kappa shape index (κ1) is 18.0. The highest BCUT2D eigenvalue weighted by molar-refractivity contribution is 5.86. The summed E-state index contributed by atoms with van der Waals surface area (Å²) in [5.41, 5.74) is 0.417. The Morgan fingerprint density at radius 1 is 1.31 bits per heavy atom. The van der Waals surface area contributed by atoms with Crippen LogP contribution < -0.4 is 5.32 Å². The summed E-state index contributed by atoms with van der Waals surface area (Å²) in [4.78, 5) is 1.93. The molecule has 2 aromatic rings. The van der Waals surface area contributed by atoms with Gasteiger partial charge in [0.1, 0.15) is 0 Å². The maximum Gasteiger partial charge on any atom is 0.416 e. The van der Waals surface area contributed by atoms with Gasteiger partial charge >= 0.3 is 6.18 Å². The molecule has 1 aliphatic rings.